The van der Waals surface area contributed by atoms with Crippen LogP contribution in [0.4, 0.5) is 4.79 Å². The first-order valence-corrected chi connectivity index (χ1v) is 22.1. The van der Waals surface area contributed by atoms with Crippen LogP contribution < -0.4 is 24.2 Å². The number of carbonyl (C=O) groups is 4. The van der Waals surface area contributed by atoms with Crippen LogP contribution in [0.3, 0.4) is 0 Å². The molecule has 16 heteroatoms. The van der Waals surface area contributed by atoms with E-state index in [0.717, 1.165) is 18.2 Å². The minimum atomic E-state index is -3.92. The van der Waals surface area contributed by atoms with Gasteiger partial charge in [0.05, 0.1) is 11.8 Å². The number of carbonyl (C=O) groups excluding carboxylic acids is 3. The van der Waals surface area contributed by atoms with Crippen LogP contribution in [0.15, 0.2) is 36.5 Å². The fraction of sp³-hybridized carbons (Fsp3) is 0.634. The van der Waals surface area contributed by atoms with Gasteiger partial charge in [-0.05, 0) is 99.7 Å². The Kier molecular flexibility index (Phi) is 9.55. The average molecular weight is 806 g/mol. The van der Waals surface area contributed by atoms with Gasteiger partial charge in [0.25, 0.3) is 5.91 Å². The molecule has 1 aromatic heterocycles. The summed E-state index contributed by atoms with van der Waals surface area (Å²) in [6.07, 6.45) is 9.21. The largest absolute Gasteiger partial charge is 0.486 e. The van der Waals surface area contributed by atoms with Crippen LogP contribution in [0.5, 0.6) is 17.4 Å². The van der Waals surface area contributed by atoms with E-state index in [0.29, 0.717) is 80.5 Å². The van der Waals surface area contributed by atoms with Crippen LogP contribution in [0, 0.1) is 29.6 Å². The van der Waals surface area contributed by atoms with Gasteiger partial charge in [-0.25, -0.2) is 18.2 Å². The van der Waals surface area contributed by atoms with E-state index in [2.05, 4.69) is 21.9 Å². The number of nitrogens with zero attached hydrogens (tertiary/aromatic N) is 3. The zero-order valence-corrected chi connectivity index (χ0v) is 33.1. The maximum absolute atomic E-state index is 15.2. The highest BCUT2D eigenvalue weighted by atomic mass is 32.2. The Hall–Kier alpha value is -4.60. The Balaban J connectivity index is 1.07. The number of rotatable bonds is 7. The lowest BCUT2D eigenvalue weighted by molar-refractivity contribution is -0.145. The SMILES string of the molecule is C[C@@H]1CC/C=C\[C@@H]2C[C@@]2(C(=O)NS(=O)(=O)C2CC2)NC(=O)[C@@H]2C[C@@H](Oc3nccc4c5c(ccc34)OCCO5)CN2C(=O)[C@@H](N(C(=O)O)C2CC3C[C@H]3C2)[C@H](C)C1. The molecule has 4 heterocycles. The van der Waals surface area contributed by atoms with E-state index < -0.39 is 68.7 Å². The molecule has 7 aliphatic rings. The van der Waals surface area contributed by atoms with Crippen LogP contribution in [0.1, 0.15) is 78.1 Å². The number of ether oxygens (including phenoxy) is 3. The third-order valence-corrected chi connectivity index (χ3v) is 15.2. The summed E-state index contributed by atoms with van der Waals surface area (Å²) < 4.78 is 46.4. The number of hydrogen-bond donors (Lipinski definition) is 3. The Labute approximate surface area is 331 Å². The van der Waals surface area contributed by atoms with E-state index in [1.165, 1.54) is 9.80 Å². The van der Waals surface area contributed by atoms with E-state index >= 15 is 4.79 Å². The molecule has 0 spiro atoms. The number of aromatic nitrogens is 1. The quantitative estimate of drug-likeness (QED) is 0.343. The Morgan fingerprint density at radius 1 is 1.02 bits per heavy atom. The lowest BCUT2D eigenvalue weighted by atomic mass is 9.86. The topological polar surface area (TPSA) is 194 Å². The molecule has 1 aromatic carbocycles. The zero-order chi connectivity index (χ0) is 39.8. The second-order valence-corrected chi connectivity index (χ2v) is 19.5. The van der Waals surface area contributed by atoms with E-state index in [4.69, 9.17) is 14.2 Å². The fourth-order valence-electron chi connectivity index (χ4n) is 10.1. The summed E-state index contributed by atoms with van der Waals surface area (Å²) in [6.45, 7) is 4.80. The normalized spacial score (nSPS) is 35.4. The molecule has 15 nitrogen and oxygen atoms in total. The lowest BCUT2D eigenvalue weighted by Gasteiger charge is -2.40. The van der Waals surface area contributed by atoms with Gasteiger partial charge in [-0.3, -0.25) is 24.0 Å². The maximum Gasteiger partial charge on any atom is 0.408 e. The molecule has 2 aromatic rings. The third-order valence-electron chi connectivity index (χ3n) is 13.4. The molecule has 9 rings (SSSR count). The van der Waals surface area contributed by atoms with Gasteiger partial charge >= 0.3 is 6.09 Å². The highest BCUT2D eigenvalue weighted by Crippen LogP contribution is 2.54. The first-order chi connectivity index (χ1) is 27.3. The molecule has 3 N–H and O–H groups in total. The van der Waals surface area contributed by atoms with E-state index in [9.17, 15) is 27.9 Å². The standard InChI is InChI=1S/C41H51N5O10S/c1-22-5-3-4-6-26-20-41(26,39(49)44-57(52,53)29-7-8-29)43-36(47)32-19-28(56-37-31-9-10-33-35(55-14-13-54-33)30(31)11-12-42-37)21-45(32)38(48)34(23(2)15-22)46(40(50)51)27-17-24-16-25(24)18-27/h4,6,9-12,22-29,32,34H,3,5,7-8,13-21H2,1-2H3,(H,43,47)(H,44,49)(H,50,51)/b6-4-/t22-,23-,24+,25?,26-,27?,28-,32+,34+,41-/m1/s1. The average Bonchev–Trinajstić information content (AvgIpc) is 4.14. The number of pyridine rings is 1. The van der Waals surface area contributed by atoms with Crippen molar-refractivity contribution in [2.45, 2.75) is 113 Å². The van der Waals surface area contributed by atoms with E-state index in [1.807, 2.05) is 25.1 Å². The number of hydrogen-bond acceptors (Lipinski definition) is 10. The number of fused-ring (bicyclic) bond motifs is 6. The fourth-order valence-corrected chi connectivity index (χ4v) is 11.4. The van der Waals surface area contributed by atoms with E-state index in [-0.39, 0.29) is 43.1 Å². The van der Waals surface area contributed by atoms with Crippen LogP contribution >= 0.6 is 0 Å². The van der Waals surface area contributed by atoms with Crippen LogP contribution in [-0.2, 0) is 24.4 Å². The van der Waals surface area contributed by atoms with Crippen molar-refractivity contribution in [2.75, 3.05) is 19.8 Å². The van der Waals surface area contributed by atoms with Crippen molar-refractivity contribution in [3.63, 3.8) is 0 Å². The van der Waals surface area contributed by atoms with Gasteiger partial charge in [0.2, 0.25) is 27.7 Å². The first-order valence-electron chi connectivity index (χ1n) is 20.5. The Morgan fingerprint density at radius 3 is 2.54 bits per heavy atom. The predicted octanol–water partition coefficient (Wildman–Crippen LogP) is 4.00. The molecule has 1 saturated heterocycles. The van der Waals surface area contributed by atoms with Gasteiger partial charge in [-0.15, -0.1) is 0 Å². The zero-order valence-electron chi connectivity index (χ0n) is 32.3. The summed E-state index contributed by atoms with van der Waals surface area (Å²) in [6, 6.07) is 2.90. The molecule has 57 heavy (non-hydrogen) atoms. The van der Waals surface area contributed by atoms with Crippen molar-refractivity contribution in [3.05, 3.63) is 36.5 Å². The van der Waals surface area contributed by atoms with Gasteiger partial charge in [0.1, 0.15) is 36.9 Å². The molecule has 0 bridgehead atoms. The van der Waals surface area contributed by atoms with Gasteiger partial charge in [-0.2, -0.15) is 0 Å². The predicted molar refractivity (Wildman–Crippen MR) is 206 cm³/mol. The Bertz CT molecular complexity index is 2120. The minimum absolute atomic E-state index is 0.0247. The number of carboxylic acid groups (broad SMARTS) is 1. The molecule has 4 saturated carbocycles. The van der Waals surface area contributed by atoms with Crippen molar-refractivity contribution < 1.29 is 46.9 Å². The molecule has 4 aliphatic carbocycles. The maximum atomic E-state index is 15.2. The summed E-state index contributed by atoms with van der Waals surface area (Å²) in [5.41, 5.74) is -1.53. The van der Waals surface area contributed by atoms with Gasteiger partial charge in [-0.1, -0.05) is 26.0 Å². The summed E-state index contributed by atoms with van der Waals surface area (Å²) in [5.74, 6) is -0.213. The van der Waals surface area contributed by atoms with Crippen LogP contribution in [0.25, 0.3) is 10.8 Å². The first kappa shape index (κ1) is 37.9. The molecule has 4 amide bonds. The molecular formula is C41H51N5O10S. The van der Waals surface area contributed by atoms with Crippen molar-refractivity contribution in [1.29, 1.82) is 0 Å². The van der Waals surface area contributed by atoms with E-state index in [1.54, 1.807) is 18.3 Å². The number of nitrogens with one attached hydrogen (secondary N) is 2. The molecule has 2 unspecified atom stereocenters. The smallest absolute Gasteiger partial charge is 0.408 e. The second kappa shape index (κ2) is 14.3. The molecule has 0 radical (unpaired) electrons. The summed E-state index contributed by atoms with van der Waals surface area (Å²) in [7, 11) is -3.92. The lowest BCUT2D eigenvalue weighted by Crippen LogP contribution is -2.61. The molecule has 10 atom stereocenters. The number of allylic oxidation sites excluding steroid dienone is 1. The molecule has 306 valence electrons. The highest BCUT2D eigenvalue weighted by Gasteiger charge is 2.62. The van der Waals surface area contributed by atoms with Gasteiger partial charge in [0, 0.05) is 35.3 Å². The summed E-state index contributed by atoms with van der Waals surface area (Å²) in [4.78, 5) is 64.4. The number of benzene rings is 1. The van der Waals surface area contributed by atoms with Gasteiger partial charge in [0.15, 0.2) is 11.5 Å². The molecule has 3 aliphatic heterocycles. The van der Waals surface area contributed by atoms with Gasteiger partial charge < -0.3 is 29.5 Å². The molecule has 5 fully saturated rings. The second-order valence-electron chi connectivity index (χ2n) is 17.6. The number of amides is 4. The van der Waals surface area contributed by atoms with Crippen molar-refractivity contribution >= 4 is 44.6 Å². The summed E-state index contributed by atoms with van der Waals surface area (Å²) in [5, 5.41) is 14.5. The Morgan fingerprint density at radius 2 is 1.79 bits per heavy atom. The summed E-state index contributed by atoms with van der Waals surface area (Å²) >= 11 is 0. The van der Waals surface area contributed by atoms with Crippen LogP contribution in [-0.4, -0.2) is 107 Å². The monoisotopic (exact) mass is 805 g/mol. The van der Waals surface area contributed by atoms with Crippen molar-refractivity contribution in [1.82, 2.24) is 24.8 Å². The molecular weight excluding hydrogens is 755 g/mol. The highest BCUT2D eigenvalue weighted by molar-refractivity contribution is 7.91. The number of sulfonamides is 1. The van der Waals surface area contributed by atoms with Crippen molar-refractivity contribution in [2.24, 2.45) is 29.6 Å². The van der Waals surface area contributed by atoms with Crippen LogP contribution in [0.2, 0.25) is 0 Å². The minimum Gasteiger partial charge on any atom is -0.486 e. The van der Waals surface area contributed by atoms with Crippen molar-refractivity contribution in [3.8, 4) is 17.4 Å². The third kappa shape index (κ3) is 7.16.